The van der Waals surface area contributed by atoms with Crippen molar-refractivity contribution in [2.24, 2.45) is 0 Å². The van der Waals surface area contributed by atoms with Crippen LogP contribution in [0.1, 0.15) is 137 Å². The highest BCUT2D eigenvalue weighted by Gasteiger charge is 2.55. The Morgan fingerprint density at radius 3 is 1.13 bits per heavy atom. The van der Waals surface area contributed by atoms with Gasteiger partial charge in [0.1, 0.15) is 11.6 Å². The number of esters is 1. The zero-order valence-electron chi connectivity index (χ0n) is 55.7. The number of alkyl halides is 14. The maximum absolute atomic E-state index is 12.8. The first kappa shape index (κ1) is 100. The van der Waals surface area contributed by atoms with E-state index in [-0.39, 0.29) is 143 Å². The zero-order valence-corrected chi connectivity index (χ0v) is 61.9. The van der Waals surface area contributed by atoms with Gasteiger partial charge in [-0.3, -0.25) is 19.2 Å². The highest BCUT2D eigenvalue weighted by Crippen LogP contribution is 2.55. The second-order valence-electron chi connectivity index (χ2n) is 23.0. The number of carboxylic acid groups (broad SMARTS) is 1. The van der Waals surface area contributed by atoms with E-state index in [1.54, 1.807) is 43.3 Å². The van der Waals surface area contributed by atoms with Crippen LogP contribution in [0.2, 0.25) is 0 Å². The van der Waals surface area contributed by atoms with Crippen molar-refractivity contribution >= 4 is 97.6 Å². The fraction of sp³-hybridized carbons (Fsp3) is 0.397. The van der Waals surface area contributed by atoms with Crippen molar-refractivity contribution in [2.75, 3.05) is 17.8 Å². The summed E-state index contributed by atoms with van der Waals surface area (Å²) >= 11 is 11.4. The molecule has 1 N–H and O–H groups in total. The van der Waals surface area contributed by atoms with Crippen molar-refractivity contribution in [1.82, 2.24) is 0 Å². The summed E-state index contributed by atoms with van der Waals surface area (Å²) in [5.74, 6) is -2.61. The number of carboxylic acids is 1. The van der Waals surface area contributed by atoms with E-state index >= 15 is 0 Å². The van der Waals surface area contributed by atoms with Crippen LogP contribution in [0.15, 0.2) is 114 Å². The van der Waals surface area contributed by atoms with Crippen LogP contribution < -0.4 is 56.8 Å². The minimum Gasteiger partial charge on any atom is -0.481 e. The lowest BCUT2D eigenvalue weighted by Gasteiger charge is -2.11. The molecule has 0 saturated heterocycles. The van der Waals surface area contributed by atoms with Crippen LogP contribution >= 0.6 is 64.8 Å². The Morgan fingerprint density at radius 1 is 0.500 bits per heavy atom. The van der Waals surface area contributed by atoms with Crippen molar-refractivity contribution in [1.29, 1.82) is 21.0 Å². The molecule has 0 amide bonds. The third-order valence-electron chi connectivity index (χ3n) is 15.3. The van der Waals surface area contributed by atoms with Crippen molar-refractivity contribution in [3.63, 3.8) is 0 Å². The average Bonchev–Trinajstić information content (AvgIpc) is 1.59. The minimum absolute atomic E-state index is 0. The minimum atomic E-state index is -3.73. The van der Waals surface area contributed by atoms with Crippen LogP contribution in [0.25, 0.3) is 0 Å². The first-order chi connectivity index (χ1) is 51.0. The molecule has 6 aromatic rings. The number of ether oxygens (including phenoxy) is 13. The highest BCUT2D eigenvalue weighted by atomic mass is 79.9. The number of benzene rings is 6. The first-order valence-electron chi connectivity index (χ1n) is 30.8. The summed E-state index contributed by atoms with van der Waals surface area (Å²) in [6.45, 7) is 4.64. The Hall–Kier alpha value is -9.70. The van der Waals surface area contributed by atoms with Gasteiger partial charge < -0.3 is 66.7 Å². The van der Waals surface area contributed by atoms with Gasteiger partial charge in [0.05, 0.1) is 60.0 Å². The van der Waals surface area contributed by atoms with Gasteiger partial charge in [-0.2, -0.15) is 21.0 Å². The monoisotopic (exact) mass is 1830 g/mol. The number of rotatable bonds is 11. The van der Waals surface area contributed by atoms with Crippen LogP contribution in [0, 0.1) is 45.3 Å². The Bertz CT molecular complexity index is 4500. The zero-order chi connectivity index (χ0) is 80.9. The predicted octanol–water partition coefficient (Wildman–Crippen LogP) is 20.7. The molecular weight excluding hydrogens is 1760 g/mol. The molecule has 3 saturated carbocycles. The van der Waals surface area contributed by atoms with E-state index in [0.717, 1.165) is 42.1 Å². The number of fused-ring (bicyclic) bond motifs is 6. The first-order valence-corrected chi connectivity index (χ1v) is 36.1. The number of carbonyl (C=O) groups excluding carboxylic acids is 3. The standard InChI is InChI=1S/C12H9F2NO4.C12H10F2O3.C11H7F2NO2.C11H8F2O4.C9H5F2NO2.C7H3BrF2O2.C4H5NO.C2H4BrCl.5CH4.Cl2OS/c1-2-17-11(16)8(6-15)7-3-4-9-10(5-7)19-12(13,14)18-9;1-7(15)11(4-5-11)8-2-3-9-10(6-8)17-12(13,14)16-9;12-11(13)15-8-2-1-7(5-9(8)16-11)10(6-14)3-4-10;12-11(13)16-7-2-1-6(5-8(7)17-11)10(3-4-10)9(14)15;10-9(11)13-7-2-1-6(3-4-12)5-8(7)14-9;8-4-1-2-5-6(3-4)12-7(9,10)11-5;1-4(6)2-3-5;3-1-2-4;;;;;;1-4(2)3/h3-5,8H,2H2,1H3;2-3,6H,4-5H2,1H3;1-2,5H,3-4H2;1-2,5H,3-4H2,(H,14,15);1-2,5H,3H2;1-3H;2H2,1H3;1-2H2;5*1H4;. The summed E-state index contributed by atoms with van der Waals surface area (Å²) in [4.78, 5) is 44.0. The van der Waals surface area contributed by atoms with Crippen molar-refractivity contribution < 1.29 is 143 Å². The molecule has 3 aliphatic carbocycles. The number of Topliss-reactive ketones (excluding diaryl/α,β-unsaturated/α-hetero) is 2. The van der Waals surface area contributed by atoms with Crippen LogP contribution in [-0.4, -0.2) is 88.4 Å². The fourth-order valence-electron chi connectivity index (χ4n) is 9.91. The van der Waals surface area contributed by atoms with Crippen LogP contribution in [0.4, 0.5) is 52.7 Å². The fourth-order valence-corrected chi connectivity index (χ4v) is 10.3. The molecule has 1 unspecified atom stereocenters. The smallest absolute Gasteiger partial charge is 0.481 e. The summed E-state index contributed by atoms with van der Waals surface area (Å²) in [5.41, 5.74) is 0.821. The molecule has 15 rings (SSSR count). The van der Waals surface area contributed by atoms with E-state index in [2.05, 4.69) is 116 Å². The lowest BCUT2D eigenvalue weighted by molar-refractivity contribution is -0.287. The van der Waals surface area contributed by atoms with Crippen LogP contribution in [0.5, 0.6) is 69.0 Å². The lowest BCUT2D eigenvalue weighted by Crippen LogP contribution is -2.26. The van der Waals surface area contributed by atoms with Gasteiger partial charge in [-0.1, -0.05) is 99.3 Å². The molecule has 3 fully saturated rings. The predicted molar refractivity (Wildman–Crippen MR) is 393 cm³/mol. The molecule has 0 radical (unpaired) electrons. The van der Waals surface area contributed by atoms with E-state index < -0.39 is 81.1 Å². The Balaban J connectivity index is 0.000000446. The molecule has 0 bridgehead atoms. The topological polar surface area (TPSA) is 321 Å². The molecule has 6 aromatic carbocycles. The number of halogens is 17. The maximum atomic E-state index is 12.8. The van der Waals surface area contributed by atoms with Gasteiger partial charge in [-0.15, -0.1) is 64.3 Å². The third-order valence-corrected chi connectivity index (χ3v) is 16.9. The largest absolute Gasteiger partial charge is 0.586 e. The number of nitriles is 4. The summed E-state index contributed by atoms with van der Waals surface area (Å²) in [6.07, 6.45) is -17.4. The van der Waals surface area contributed by atoms with Crippen LogP contribution in [0.3, 0.4) is 0 Å². The van der Waals surface area contributed by atoms with Crippen molar-refractivity contribution in [3.8, 4) is 93.3 Å². The Kier molecular flexibility index (Phi) is 36.1. The van der Waals surface area contributed by atoms with Gasteiger partial charge in [0.2, 0.25) is 9.23 Å². The van der Waals surface area contributed by atoms with E-state index in [4.69, 9.17) is 46.7 Å². The van der Waals surface area contributed by atoms with Crippen molar-refractivity contribution in [2.45, 2.75) is 169 Å². The van der Waals surface area contributed by atoms with Crippen LogP contribution in [-0.2, 0) is 55.8 Å². The molecule has 1 atom stereocenters. The number of aliphatic carboxylic acids is 1. The number of carbonyl (C=O) groups is 4. The molecule has 0 spiro atoms. The van der Waals surface area contributed by atoms with E-state index in [0.29, 0.717) is 34.3 Å². The second-order valence-corrected chi connectivity index (χ2v) is 27.6. The number of hydrogen-bond acceptors (Lipinski definition) is 22. The third kappa shape index (κ3) is 27.2. The van der Waals surface area contributed by atoms with Gasteiger partial charge >= 0.3 is 49.7 Å². The van der Waals surface area contributed by atoms with E-state index in [9.17, 15) is 71.9 Å². The molecule has 23 nitrogen and oxygen atoms in total. The highest BCUT2D eigenvalue weighted by molar-refractivity contribution is 9.10. The van der Waals surface area contributed by atoms with E-state index in [1.165, 1.54) is 98.8 Å². The second kappa shape index (κ2) is 41.0. The quantitative estimate of drug-likeness (QED) is 0.0545. The molecule has 9 aliphatic rings. The summed E-state index contributed by atoms with van der Waals surface area (Å²) in [7, 11) is 7.36. The molecule has 6 aliphatic heterocycles. The molecule has 622 valence electrons. The van der Waals surface area contributed by atoms with Gasteiger partial charge in [0.25, 0.3) is 0 Å². The van der Waals surface area contributed by atoms with Gasteiger partial charge in [0, 0.05) is 37.0 Å². The Labute approximate surface area is 679 Å². The SMILES string of the molecule is C.C.C.C.C.CC(=O)C1(c2ccc3c(c2)OC(F)(F)O3)CC1.CC(=O)CC#N.CCOC(=O)C(C#N)c1ccc2c(c1)OC(F)(F)O2.ClCCBr.FC1(F)Oc2ccc(Br)cc2O1.N#CC1(c2ccc3c(c2)OC(F)(F)O3)CC1.N#CCc1ccc2c(c1)OC(F)(F)O2.O=C(O)C1(c2ccc3c(c2)OC(F)(F)O3)CC1.O=S(Cl)Cl. The molecular formula is C73H71Br2Cl3F12N4O19S. The molecule has 41 heteroatoms. The summed E-state index contributed by atoms with van der Waals surface area (Å²) in [5, 5.41) is 44.1. The van der Waals surface area contributed by atoms with Crippen molar-refractivity contribution in [3.05, 3.63) is 141 Å². The van der Waals surface area contributed by atoms with Gasteiger partial charge in [0.15, 0.2) is 74.9 Å². The normalized spacial score (nSPS) is 17.4. The number of nitrogens with zero attached hydrogens (tertiary/aromatic N) is 4. The van der Waals surface area contributed by atoms with Gasteiger partial charge in [-0.05, 0) is 166 Å². The lowest BCUT2D eigenvalue weighted by atomic mass is 9.92. The van der Waals surface area contributed by atoms with Gasteiger partial charge in [-0.25, -0.2) is 4.21 Å². The average molecular weight is 1830 g/mol. The molecule has 114 heavy (non-hydrogen) atoms. The molecule has 6 heterocycles. The summed E-state index contributed by atoms with van der Waals surface area (Å²) in [6, 6.07) is 33.2. The summed E-state index contributed by atoms with van der Waals surface area (Å²) < 4.78 is 218. The molecule has 0 aromatic heterocycles. The van der Waals surface area contributed by atoms with E-state index in [1.807, 2.05) is 6.07 Å². The Morgan fingerprint density at radius 2 is 0.825 bits per heavy atom. The number of ketones is 2. The number of hydrogen-bond donors (Lipinski definition) is 1. The maximum Gasteiger partial charge on any atom is 0.586 e.